The molecule has 0 aliphatic carbocycles. The summed E-state index contributed by atoms with van der Waals surface area (Å²) in [6, 6.07) is 7.36. The molecule has 2 N–H and O–H groups in total. The minimum atomic E-state index is -0.271. The van der Waals surface area contributed by atoms with Crippen molar-refractivity contribution < 1.29 is 9.53 Å². The van der Waals surface area contributed by atoms with Crippen LogP contribution in [0.1, 0.15) is 24.3 Å². The Hall–Kier alpha value is -2.67. The minimum Gasteiger partial charge on any atom is -0.491 e. The van der Waals surface area contributed by atoms with Crippen LogP contribution >= 0.6 is 0 Å². The van der Waals surface area contributed by atoms with E-state index in [1.807, 2.05) is 38.1 Å². The zero-order chi connectivity index (χ0) is 18.8. The minimum absolute atomic E-state index is 0.0775. The molecule has 2 fully saturated rings. The molecule has 2 aliphatic heterocycles. The Kier molecular flexibility index (Phi) is 4.94. The van der Waals surface area contributed by atoms with Crippen molar-refractivity contribution in [1.82, 2.24) is 15.3 Å². The number of carbonyl (C=O) groups excluding carboxylic acids is 1. The van der Waals surface area contributed by atoms with Crippen LogP contribution in [0.2, 0.25) is 0 Å². The molecular weight excluding hydrogens is 342 g/mol. The second-order valence-corrected chi connectivity index (χ2v) is 7.49. The number of aromatic nitrogens is 2. The molecule has 142 valence electrons. The number of ether oxygens (including phenoxy) is 1. The summed E-state index contributed by atoms with van der Waals surface area (Å²) in [5.41, 5.74) is 0.991. The van der Waals surface area contributed by atoms with Crippen molar-refractivity contribution in [2.75, 3.05) is 36.4 Å². The third-order valence-electron chi connectivity index (χ3n) is 5.03. The topological polar surface area (TPSA) is 79.4 Å². The SMILES string of the molecule is CC(C)Oc1cccc(NC(=O)c2cncc(N3C[C@H]4CNC[C@H]4C3)n2)c1. The van der Waals surface area contributed by atoms with Gasteiger partial charge in [-0.1, -0.05) is 6.07 Å². The molecule has 3 heterocycles. The third kappa shape index (κ3) is 4.03. The average Bonchev–Trinajstić information content (AvgIpc) is 3.23. The Labute approximate surface area is 159 Å². The van der Waals surface area contributed by atoms with Crippen LogP contribution in [0.3, 0.4) is 0 Å². The lowest BCUT2D eigenvalue weighted by molar-refractivity contribution is 0.102. The predicted octanol–water partition coefficient (Wildman–Crippen LogP) is 2.17. The van der Waals surface area contributed by atoms with Crippen molar-refractivity contribution >= 4 is 17.4 Å². The summed E-state index contributed by atoms with van der Waals surface area (Å²) >= 11 is 0. The lowest BCUT2D eigenvalue weighted by Crippen LogP contribution is -2.27. The highest BCUT2D eigenvalue weighted by Gasteiger charge is 2.36. The highest BCUT2D eigenvalue weighted by molar-refractivity contribution is 6.02. The number of hydrogen-bond acceptors (Lipinski definition) is 6. The van der Waals surface area contributed by atoms with Crippen LogP contribution in [0, 0.1) is 11.8 Å². The van der Waals surface area contributed by atoms with Gasteiger partial charge in [-0.2, -0.15) is 0 Å². The summed E-state index contributed by atoms with van der Waals surface area (Å²) in [6.07, 6.45) is 3.32. The molecule has 2 aromatic rings. The summed E-state index contributed by atoms with van der Waals surface area (Å²) < 4.78 is 5.67. The van der Waals surface area contributed by atoms with E-state index in [1.165, 1.54) is 6.20 Å². The lowest BCUT2D eigenvalue weighted by Gasteiger charge is -2.18. The van der Waals surface area contributed by atoms with Gasteiger partial charge in [-0.25, -0.2) is 4.98 Å². The first-order valence-electron chi connectivity index (χ1n) is 9.44. The van der Waals surface area contributed by atoms with E-state index in [9.17, 15) is 4.79 Å². The van der Waals surface area contributed by atoms with Crippen LogP contribution in [0.15, 0.2) is 36.7 Å². The molecule has 7 nitrogen and oxygen atoms in total. The van der Waals surface area contributed by atoms with E-state index in [2.05, 4.69) is 25.5 Å². The van der Waals surface area contributed by atoms with Crippen molar-refractivity contribution in [3.05, 3.63) is 42.4 Å². The Morgan fingerprint density at radius 3 is 2.78 bits per heavy atom. The Bertz CT molecular complexity index is 814. The van der Waals surface area contributed by atoms with E-state index in [-0.39, 0.29) is 12.0 Å². The molecule has 2 aliphatic rings. The van der Waals surface area contributed by atoms with E-state index < -0.39 is 0 Å². The number of anilines is 2. The standard InChI is InChI=1S/C20H25N5O2/c1-13(2)27-17-5-3-4-16(6-17)23-20(26)18-9-22-10-19(24-18)25-11-14-7-21-8-15(14)12-25/h3-6,9-10,13-15,21H,7-8,11-12H2,1-2H3,(H,23,26)/t14-,15+. The van der Waals surface area contributed by atoms with E-state index in [0.29, 0.717) is 23.2 Å². The summed E-state index contributed by atoms with van der Waals surface area (Å²) in [5.74, 6) is 2.54. The monoisotopic (exact) mass is 367 g/mol. The van der Waals surface area contributed by atoms with Crippen molar-refractivity contribution in [1.29, 1.82) is 0 Å². The molecule has 0 spiro atoms. The average molecular weight is 367 g/mol. The van der Waals surface area contributed by atoms with Crippen molar-refractivity contribution in [3.63, 3.8) is 0 Å². The van der Waals surface area contributed by atoms with Crippen molar-refractivity contribution in [2.45, 2.75) is 20.0 Å². The van der Waals surface area contributed by atoms with Crippen LogP contribution in [0.25, 0.3) is 0 Å². The van der Waals surface area contributed by atoms with Gasteiger partial charge in [0.05, 0.1) is 18.5 Å². The highest BCUT2D eigenvalue weighted by Crippen LogP contribution is 2.29. The van der Waals surface area contributed by atoms with Crippen LogP contribution in [0.5, 0.6) is 5.75 Å². The molecule has 1 aromatic heterocycles. The maximum atomic E-state index is 12.6. The molecule has 4 rings (SSSR count). The molecule has 2 atom stereocenters. The van der Waals surface area contributed by atoms with Gasteiger partial charge < -0.3 is 20.3 Å². The van der Waals surface area contributed by atoms with E-state index in [0.717, 1.165) is 37.7 Å². The molecule has 0 saturated carbocycles. The molecule has 0 radical (unpaired) electrons. The van der Waals surface area contributed by atoms with E-state index in [1.54, 1.807) is 6.20 Å². The Morgan fingerprint density at radius 2 is 2.04 bits per heavy atom. The first-order chi connectivity index (χ1) is 13.1. The summed E-state index contributed by atoms with van der Waals surface area (Å²) in [5, 5.41) is 6.31. The van der Waals surface area contributed by atoms with Gasteiger partial charge in [0, 0.05) is 37.9 Å². The van der Waals surface area contributed by atoms with Gasteiger partial charge >= 0.3 is 0 Å². The van der Waals surface area contributed by atoms with Crippen molar-refractivity contribution in [3.8, 4) is 5.75 Å². The zero-order valence-corrected chi connectivity index (χ0v) is 15.7. The van der Waals surface area contributed by atoms with Gasteiger partial charge in [0.1, 0.15) is 17.3 Å². The summed E-state index contributed by atoms with van der Waals surface area (Å²) in [6.45, 7) is 7.98. The number of rotatable bonds is 5. The Morgan fingerprint density at radius 1 is 1.26 bits per heavy atom. The Balaban J connectivity index is 1.45. The molecule has 0 unspecified atom stereocenters. The number of carbonyl (C=O) groups is 1. The first-order valence-corrected chi connectivity index (χ1v) is 9.44. The summed E-state index contributed by atoms with van der Waals surface area (Å²) in [4.78, 5) is 23.6. The molecule has 7 heteroatoms. The van der Waals surface area contributed by atoms with Gasteiger partial charge in [0.15, 0.2) is 0 Å². The van der Waals surface area contributed by atoms with Crippen LogP contribution in [-0.2, 0) is 0 Å². The maximum absolute atomic E-state index is 12.6. The third-order valence-corrected chi connectivity index (χ3v) is 5.03. The molecule has 27 heavy (non-hydrogen) atoms. The lowest BCUT2D eigenvalue weighted by atomic mass is 10.0. The fourth-order valence-electron chi connectivity index (χ4n) is 3.77. The number of nitrogens with one attached hydrogen (secondary N) is 2. The zero-order valence-electron chi connectivity index (χ0n) is 15.7. The van der Waals surface area contributed by atoms with Crippen LogP contribution < -0.4 is 20.3 Å². The molecule has 2 saturated heterocycles. The quantitative estimate of drug-likeness (QED) is 0.843. The number of fused-ring (bicyclic) bond motifs is 1. The summed E-state index contributed by atoms with van der Waals surface area (Å²) in [7, 11) is 0. The second-order valence-electron chi connectivity index (χ2n) is 7.49. The van der Waals surface area contributed by atoms with Gasteiger partial charge in [0.2, 0.25) is 0 Å². The van der Waals surface area contributed by atoms with Gasteiger partial charge in [-0.15, -0.1) is 0 Å². The molecule has 0 bridgehead atoms. The fourth-order valence-corrected chi connectivity index (χ4v) is 3.77. The van der Waals surface area contributed by atoms with Gasteiger partial charge in [-0.3, -0.25) is 9.78 Å². The van der Waals surface area contributed by atoms with Crippen LogP contribution in [0.4, 0.5) is 11.5 Å². The van der Waals surface area contributed by atoms with Crippen LogP contribution in [-0.4, -0.2) is 48.2 Å². The normalized spacial score (nSPS) is 21.4. The first kappa shape index (κ1) is 17.7. The maximum Gasteiger partial charge on any atom is 0.275 e. The second kappa shape index (κ2) is 7.52. The highest BCUT2D eigenvalue weighted by atomic mass is 16.5. The smallest absolute Gasteiger partial charge is 0.275 e. The predicted molar refractivity (Wildman–Crippen MR) is 104 cm³/mol. The van der Waals surface area contributed by atoms with E-state index >= 15 is 0 Å². The van der Waals surface area contributed by atoms with Gasteiger partial charge in [-0.05, 0) is 37.8 Å². The number of benzene rings is 1. The van der Waals surface area contributed by atoms with Gasteiger partial charge in [0.25, 0.3) is 5.91 Å². The number of hydrogen-bond donors (Lipinski definition) is 2. The van der Waals surface area contributed by atoms with E-state index in [4.69, 9.17) is 4.74 Å². The number of nitrogens with zero attached hydrogens (tertiary/aromatic N) is 3. The molecular formula is C20H25N5O2. The molecule has 1 aromatic carbocycles. The fraction of sp³-hybridized carbons (Fsp3) is 0.450. The molecule has 1 amide bonds. The largest absolute Gasteiger partial charge is 0.491 e. The van der Waals surface area contributed by atoms with Crippen molar-refractivity contribution in [2.24, 2.45) is 11.8 Å². The number of amides is 1.